The van der Waals surface area contributed by atoms with Crippen LogP contribution in [0.25, 0.3) is 16.8 Å². The first-order valence-electron chi connectivity index (χ1n) is 7.81. The van der Waals surface area contributed by atoms with Gasteiger partial charge in [-0.1, -0.05) is 30.3 Å². The van der Waals surface area contributed by atoms with Crippen LogP contribution in [0.4, 0.5) is 8.78 Å². The highest BCUT2D eigenvalue weighted by atomic mass is 19.3. The Morgan fingerprint density at radius 1 is 1.00 bits per heavy atom. The molecule has 124 valence electrons. The number of rotatable bonds is 4. The Balaban J connectivity index is 1.73. The molecule has 3 heterocycles. The number of pyridine rings is 1. The zero-order chi connectivity index (χ0) is 17.2. The van der Waals surface area contributed by atoms with Crippen LogP contribution in [0.5, 0.6) is 0 Å². The maximum atomic E-state index is 12.7. The summed E-state index contributed by atoms with van der Waals surface area (Å²) >= 11 is 0. The fourth-order valence-corrected chi connectivity index (χ4v) is 2.84. The molecule has 0 N–H and O–H groups in total. The molecule has 4 rings (SSSR count). The number of hydrogen-bond acceptors (Lipinski definition) is 3. The molecule has 0 atom stereocenters. The summed E-state index contributed by atoms with van der Waals surface area (Å²) in [6.07, 6.45) is 3.06. The van der Waals surface area contributed by atoms with E-state index in [2.05, 4.69) is 15.1 Å². The first-order valence-corrected chi connectivity index (χ1v) is 7.81. The topological polar surface area (TPSA) is 43.1 Å². The molecule has 6 heteroatoms. The monoisotopic (exact) mass is 336 g/mol. The number of fused-ring (bicyclic) bond motifs is 1. The summed E-state index contributed by atoms with van der Waals surface area (Å²) < 4.78 is 27.2. The fourth-order valence-electron chi connectivity index (χ4n) is 2.84. The van der Waals surface area contributed by atoms with Crippen LogP contribution in [0.2, 0.25) is 0 Å². The Labute approximate surface area is 142 Å². The Kier molecular flexibility index (Phi) is 3.93. The molecular formula is C19H14F2N4. The highest BCUT2D eigenvalue weighted by molar-refractivity contribution is 5.66. The first kappa shape index (κ1) is 15.4. The number of nitrogens with zero attached hydrogens (tertiary/aromatic N) is 4. The average molecular weight is 336 g/mol. The van der Waals surface area contributed by atoms with Crippen molar-refractivity contribution in [3.8, 4) is 11.3 Å². The molecular weight excluding hydrogens is 322 g/mol. The van der Waals surface area contributed by atoms with Crippen LogP contribution in [-0.2, 0) is 6.42 Å². The van der Waals surface area contributed by atoms with Crippen molar-refractivity contribution in [2.75, 3.05) is 0 Å². The van der Waals surface area contributed by atoms with Gasteiger partial charge in [-0.25, -0.2) is 23.3 Å². The van der Waals surface area contributed by atoms with Crippen molar-refractivity contribution in [1.82, 2.24) is 19.6 Å². The third-order valence-electron chi connectivity index (χ3n) is 4.10. The standard InChI is InChI=1S/C19H14F2N4/c20-19(21)14-6-4-13(5-7-14)10-17-16(11-22-12-23-17)18-3-1-2-15-8-9-24-25(15)18/h1-9,11-12,19H,10H2. The van der Waals surface area contributed by atoms with Crippen LogP contribution in [0.3, 0.4) is 0 Å². The molecule has 0 aliphatic heterocycles. The van der Waals surface area contributed by atoms with Crippen LogP contribution in [-0.4, -0.2) is 19.6 Å². The molecule has 0 aliphatic carbocycles. The highest BCUT2D eigenvalue weighted by Crippen LogP contribution is 2.25. The minimum atomic E-state index is -2.46. The van der Waals surface area contributed by atoms with Gasteiger partial charge in [-0.05, 0) is 23.8 Å². The van der Waals surface area contributed by atoms with Gasteiger partial charge in [-0.3, -0.25) is 0 Å². The van der Waals surface area contributed by atoms with Crippen molar-refractivity contribution >= 4 is 5.52 Å². The second-order valence-corrected chi connectivity index (χ2v) is 5.68. The normalized spacial score (nSPS) is 11.3. The summed E-state index contributed by atoms with van der Waals surface area (Å²) in [5.41, 5.74) is 4.50. The quantitative estimate of drug-likeness (QED) is 0.557. The maximum Gasteiger partial charge on any atom is 0.263 e. The number of hydrogen-bond donors (Lipinski definition) is 0. The molecule has 0 amide bonds. The summed E-state index contributed by atoms with van der Waals surface area (Å²) in [5, 5.41) is 4.35. The summed E-state index contributed by atoms with van der Waals surface area (Å²) in [6.45, 7) is 0. The van der Waals surface area contributed by atoms with Crippen LogP contribution < -0.4 is 0 Å². The summed E-state index contributed by atoms with van der Waals surface area (Å²) in [6, 6.07) is 14.1. The summed E-state index contributed by atoms with van der Waals surface area (Å²) in [7, 11) is 0. The smallest absolute Gasteiger partial charge is 0.244 e. The Morgan fingerprint density at radius 3 is 2.64 bits per heavy atom. The van der Waals surface area contributed by atoms with E-state index in [1.54, 1.807) is 24.5 Å². The van der Waals surface area contributed by atoms with E-state index in [0.717, 1.165) is 28.0 Å². The van der Waals surface area contributed by atoms with Gasteiger partial charge in [-0.2, -0.15) is 5.10 Å². The number of alkyl halides is 2. The van der Waals surface area contributed by atoms with Crippen molar-refractivity contribution in [2.24, 2.45) is 0 Å². The van der Waals surface area contributed by atoms with Gasteiger partial charge in [0.25, 0.3) is 6.43 Å². The molecule has 0 unspecified atom stereocenters. The Bertz CT molecular complexity index is 1010. The van der Waals surface area contributed by atoms with E-state index in [1.807, 2.05) is 28.8 Å². The predicted molar refractivity (Wildman–Crippen MR) is 90.4 cm³/mol. The minimum Gasteiger partial charge on any atom is -0.244 e. The van der Waals surface area contributed by atoms with Gasteiger partial charge >= 0.3 is 0 Å². The Morgan fingerprint density at radius 2 is 1.84 bits per heavy atom. The van der Waals surface area contributed by atoms with Crippen molar-refractivity contribution in [3.05, 3.63) is 84.1 Å². The molecule has 4 nitrogen and oxygen atoms in total. The van der Waals surface area contributed by atoms with E-state index in [0.29, 0.717) is 6.42 Å². The maximum absolute atomic E-state index is 12.7. The number of benzene rings is 1. The molecule has 0 saturated carbocycles. The van der Waals surface area contributed by atoms with Crippen LogP contribution in [0.1, 0.15) is 23.2 Å². The van der Waals surface area contributed by atoms with Crippen LogP contribution in [0, 0.1) is 0 Å². The van der Waals surface area contributed by atoms with E-state index in [4.69, 9.17) is 0 Å². The highest BCUT2D eigenvalue weighted by Gasteiger charge is 2.12. The van der Waals surface area contributed by atoms with Crippen LogP contribution in [0.15, 0.2) is 67.3 Å². The largest absolute Gasteiger partial charge is 0.263 e. The summed E-state index contributed by atoms with van der Waals surface area (Å²) in [5.74, 6) is 0. The molecule has 3 aromatic heterocycles. The van der Waals surface area contributed by atoms with Gasteiger partial charge in [0.15, 0.2) is 0 Å². The molecule has 25 heavy (non-hydrogen) atoms. The van der Waals surface area contributed by atoms with E-state index in [1.165, 1.54) is 18.5 Å². The molecule has 0 bridgehead atoms. The predicted octanol–water partition coefficient (Wildman–Crippen LogP) is 4.32. The van der Waals surface area contributed by atoms with E-state index in [9.17, 15) is 8.78 Å². The molecule has 1 aromatic carbocycles. The zero-order valence-corrected chi connectivity index (χ0v) is 13.2. The molecule has 4 aromatic rings. The minimum absolute atomic E-state index is 0.0213. The second kappa shape index (κ2) is 6.39. The molecule has 0 fully saturated rings. The summed E-state index contributed by atoms with van der Waals surface area (Å²) in [4.78, 5) is 8.54. The lowest BCUT2D eigenvalue weighted by atomic mass is 10.0. The second-order valence-electron chi connectivity index (χ2n) is 5.68. The average Bonchev–Trinajstić information content (AvgIpc) is 3.11. The van der Waals surface area contributed by atoms with Crippen molar-refractivity contribution in [1.29, 1.82) is 0 Å². The van der Waals surface area contributed by atoms with Gasteiger partial charge in [0.1, 0.15) is 6.33 Å². The number of halogens is 2. The third kappa shape index (κ3) is 2.98. The molecule has 0 saturated heterocycles. The van der Waals surface area contributed by atoms with E-state index in [-0.39, 0.29) is 5.56 Å². The zero-order valence-electron chi connectivity index (χ0n) is 13.2. The molecule has 0 radical (unpaired) electrons. The van der Waals surface area contributed by atoms with E-state index >= 15 is 0 Å². The van der Waals surface area contributed by atoms with Gasteiger partial charge in [0, 0.05) is 23.7 Å². The van der Waals surface area contributed by atoms with Gasteiger partial charge < -0.3 is 0 Å². The van der Waals surface area contributed by atoms with Gasteiger partial charge in [-0.15, -0.1) is 0 Å². The Hall–Kier alpha value is -3.15. The van der Waals surface area contributed by atoms with Crippen LogP contribution >= 0.6 is 0 Å². The number of aromatic nitrogens is 4. The molecule has 0 aliphatic rings. The van der Waals surface area contributed by atoms with Crippen molar-refractivity contribution < 1.29 is 8.78 Å². The molecule has 0 spiro atoms. The lowest BCUT2D eigenvalue weighted by Gasteiger charge is -2.10. The first-order chi connectivity index (χ1) is 12.2. The van der Waals surface area contributed by atoms with Crippen molar-refractivity contribution in [2.45, 2.75) is 12.8 Å². The lowest BCUT2D eigenvalue weighted by Crippen LogP contribution is -2.01. The van der Waals surface area contributed by atoms with Gasteiger partial charge in [0.05, 0.1) is 23.1 Å². The van der Waals surface area contributed by atoms with E-state index < -0.39 is 6.43 Å². The van der Waals surface area contributed by atoms with Gasteiger partial charge in [0.2, 0.25) is 0 Å². The third-order valence-corrected chi connectivity index (χ3v) is 4.10. The van der Waals surface area contributed by atoms with Crippen molar-refractivity contribution in [3.63, 3.8) is 0 Å². The fraction of sp³-hybridized carbons (Fsp3) is 0.105. The SMILES string of the molecule is FC(F)c1ccc(Cc2ncncc2-c2cccc3ccnn23)cc1. The lowest BCUT2D eigenvalue weighted by molar-refractivity contribution is 0.151.